The third-order valence-electron chi connectivity index (χ3n) is 2.26. The van der Waals surface area contributed by atoms with Crippen molar-refractivity contribution in [3.63, 3.8) is 0 Å². The zero-order valence-corrected chi connectivity index (χ0v) is 15.3. The van der Waals surface area contributed by atoms with Crippen LogP contribution in [0, 0.1) is 5.41 Å². The molecule has 0 spiro atoms. The maximum absolute atomic E-state index is 11.9. The van der Waals surface area contributed by atoms with Crippen LogP contribution in [0.5, 0.6) is 0 Å². The third-order valence-corrected chi connectivity index (χ3v) is 2.26. The molecule has 120 valence electrons. The summed E-state index contributed by atoms with van der Waals surface area (Å²) in [5.74, 6) is 0.0148. The third kappa shape index (κ3) is 14.3. The molecule has 0 rings (SSSR count). The molecule has 0 aliphatic heterocycles. The first-order valence-corrected chi connectivity index (χ1v) is 9.25. The van der Waals surface area contributed by atoms with Gasteiger partial charge in [-0.1, -0.05) is 6.92 Å². The maximum Gasteiger partial charge on any atom is 0.228 e. The molecule has 1 amide bonds. The van der Waals surface area contributed by atoms with Crippen LogP contribution in [0.1, 0.15) is 41.0 Å². The molecule has 1 unspecified atom stereocenters. The predicted octanol–water partition coefficient (Wildman–Crippen LogP) is 3.05. The van der Waals surface area contributed by atoms with E-state index < -0.39 is 5.41 Å². The first-order chi connectivity index (χ1) is 9.31. The fraction of sp³-hybridized carbons (Fsp3) is 0.923. The molecule has 0 fully saturated rings. The van der Waals surface area contributed by atoms with Crippen LogP contribution in [0.15, 0.2) is 0 Å². The molecular formula is C13H29NO4P2. The molecule has 0 radical (unpaired) electrons. The molecule has 0 bridgehead atoms. The smallest absolute Gasteiger partial charge is 0.228 e. The van der Waals surface area contributed by atoms with Crippen molar-refractivity contribution in [3.8, 4) is 0 Å². The van der Waals surface area contributed by atoms with Gasteiger partial charge in [0.2, 0.25) is 5.91 Å². The van der Waals surface area contributed by atoms with Gasteiger partial charge in [0.15, 0.2) is 8.15 Å². The number of amides is 1. The number of carbonyl (C=O) groups is 1. The minimum absolute atomic E-state index is 0.0148. The normalized spacial score (nSPS) is 11.2. The van der Waals surface area contributed by atoms with Gasteiger partial charge in [0.25, 0.3) is 0 Å². The van der Waals surface area contributed by atoms with Gasteiger partial charge in [-0.2, -0.15) is 0 Å². The van der Waals surface area contributed by atoms with Gasteiger partial charge in [0, 0.05) is 13.2 Å². The van der Waals surface area contributed by atoms with E-state index in [9.17, 15) is 4.79 Å². The summed E-state index contributed by atoms with van der Waals surface area (Å²) in [6.07, 6.45) is 1.17. The summed E-state index contributed by atoms with van der Waals surface area (Å²) in [5, 5.41) is 2.86. The first-order valence-electron chi connectivity index (χ1n) is 6.82. The van der Waals surface area contributed by atoms with Crippen LogP contribution in [0.25, 0.3) is 0 Å². The molecule has 0 heterocycles. The highest BCUT2D eigenvalue weighted by atomic mass is 32.0. The van der Waals surface area contributed by atoms with Crippen LogP contribution in [0.2, 0.25) is 0 Å². The fourth-order valence-corrected chi connectivity index (χ4v) is 1.24. The Morgan fingerprint density at radius 3 is 2.35 bits per heavy atom. The quantitative estimate of drug-likeness (QED) is 0.523. The lowest BCUT2D eigenvalue weighted by molar-refractivity contribution is -0.132. The van der Waals surface area contributed by atoms with Crippen molar-refractivity contribution >= 4 is 23.0 Å². The van der Waals surface area contributed by atoms with Crippen molar-refractivity contribution in [2.45, 2.75) is 47.1 Å². The highest BCUT2D eigenvalue weighted by Gasteiger charge is 2.27. The van der Waals surface area contributed by atoms with Gasteiger partial charge in [-0.25, -0.2) is 0 Å². The lowest BCUT2D eigenvalue weighted by atomic mass is 9.93. The van der Waals surface area contributed by atoms with Crippen LogP contribution in [0.4, 0.5) is 0 Å². The Morgan fingerprint density at radius 1 is 1.35 bits per heavy atom. The van der Waals surface area contributed by atoms with Crippen LogP contribution in [-0.2, 0) is 18.8 Å². The molecule has 0 aliphatic rings. The number of ether oxygens (including phenoxy) is 2. The highest BCUT2D eigenvalue weighted by Crippen LogP contribution is 2.15. The van der Waals surface area contributed by atoms with Crippen molar-refractivity contribution < 1.29 is 18.8 Å². The molecule has 1 atom stereocenters. The van der Waals surface area contributed by atoms with Crippen LogP contribution in [0.3, 0.4) is 0 Å². The van der Waals surface area contributed by atoms with E-state index in [2.05, 4.69) is 12.2 Å². The summed E-state index contributed by atoms with van der Waals surface area (Å²) < 4.78 is 19.6. The average Bonchev–Trinajstić information content (AvgIpc) is 2.35. The van der Waals surface area contributed by atoms with Gasteiger partial charge >= 0.3 is 0 Å². The predicted molar refractivity (Wildman–Crippen MR) is 86.3 cm³/mol. The number of rotatable bonds is 9. The molecule has 7 heteroatoms. The molecular weight excluding hydrogens is 296 g/mol. The molecule has 0 aromatic carbocycles. The van der Waals surface area contributed by atoms with Crippen LogP contribution >= 0.6 is 17.1 Å². The van der Waals surface area contributed by atoms with E-state index in [1.807, 2.05) is 36.6 Å². The van der Waals surface area contributed by atoms with E-state index in [1.165, 1.54) is 0 Å². The molecule has 5 nitrogen and oxygen atoms in total. The first kappa shape index (κ1) is 22.2. The van der Waals surface area contributed by atoms with Crippen LogP contribution in [-0.4, -0.2) is 38.4 Å². The minimum Gasteiger partial charge on any atom is -0.380 e. The Kier molecular flexibility index (Phi) is 15.4. The van der Waals surface area contributed by atoms with Gasteiger partial charge in [-0.05, 0) is 43.0 Å². The number of hydrogen-bond donors (Lipinski definition) is 1. The average molecular weight is 325 g/mol. The summed E-state index contributed by atoms with van der Waals surface area (Å²) >= 11 is 0. The number of carbonyl (C=O) groups excluding carboxylic acids is 1. The SMILES string of the molecule is CCCOCC(C)(C)C(=O)NCCOC(C)C.O=PP. The molecule has 0 aliphatic carbocycles. The van der Waals surface area contributed by atoms with E-state index in [-0.39, 0.29) is 20.2 Å². The number of nitrogens with one attached hydrogen (secondary N) is 1. The molecule has 20 heavy (non-hydrogen) atoms. The summed E-state index contributed by atoms with van der Waals surface area (Å²) in [6, 6.07) is 0. The second-order valence-corrected chi connectivity index (χ2v) is 6.06. The van der Waals surface area contributed by atoms with Crippen molar-refractivity contribution in [3.05, 3.63) is 0 Å². The lowest BCUT2D eigenvalue weighted by Gasteiger charge is -2.23. The summed E-state index contributed by atoms with van der Waals surface area (Å²) in [5.41, 5.74) is -0.479. The van der Waals surface area contributed by atoms with Crippen molar-refractivity contribution in [1.82, 2.24) is 5.32 Å². The summed E-state index contributed by atoms with van der Waals surface area (Å²) in [7, 11) is 2.08. The van der Waals surface area contributed by atoms with E-state index in [4.69, 9.17) is 14.0 Å². The van der Waals surface area contributed by atoms with Gasteiger partial charge in [-0.15, -0.1) is 0 Å². The molecule has 1 N–H and O–H groups in total. The summed E-state index contributed by atoms with van der Waals surface area (Å²) in [4.78, 5) is 11.9. The van der Waals surface area contributed by atoms with Gasteiger partial charge in [0.05, 0.1) is 24.7 Å². The van der Waals surface area contributed by atoms with Gasteiger partial charge in [0.1, 0.15) is 0 Å². The Labute approximate surface area is 126 Å². The van der Waals surface area contributed by atoms with Crippen LogP contribution < -0.4 is 5.32 Å². The monoisotopic (exact) mass is 325 g/mol. The highest BCUT2D eigenvalue weighted by molar-refractivity contribution is 7.96. The summed E-state index contributed by atoms with van der Waals surface area (Å²) in [6.45, 7) is 12.0. The zero-order chi connectivity index (χ0) is 16.0. The Balaban J connectivity index is 0. The van der Waals surface area contributed by atoms with E-state index >= 15 is 0 Å². The number of hydrogen-bond acceptors (Lipinski definition) is 4. The molecule has 0 aromatic rings. The van der Waals surface area contributed by atoms with Crippen molar-refractivity contribution in [2.24, 2.45) is 5.41 Å². The van der Waals surface area contributed by atoms with E-state index in [1.54, 1.807) is 0 Å². The molecule has 0 saturated heterocycles. The maximum atomic E-state index is 11.9. The molecule has 0 saturated carbocycles. The van der Waals surface area contributed by atoms with Crippen molar-refractivity contribution in [1.29, 1.82) is 0 Å². The topological polar surface area (TPSA) is 64.6 Å². The fourth-order valence-electron chi connectivity index (χ4n) is 1.24. The van der Waals surface area contributed by atoms with Gasteiger partial charge in [-0.3, -0.25) is 9.36 Å². The van der Waals surface area contributed by atoms with E-state index in [0.717, 1.165) is 6.42 Å². The Morgan fingerprint density at radius 2 is 1.90 bits per heavy atom. The molecule has 0 aromatic heterocycles. The largest absolute Gasteiger partial charge is 0.380 e. The minimum atomic E-state index is -0.479. The standard InChI is InChI=1S/C13H27NO3.H2OP2/c1-6-8-16-10-13(4,5)12(15)14-7-9-17-11(2)3;1-3-2/h11H,6-10H2,1-5H3,(H,14,15);2H2. The Bertz CT molecular complexity index is 261. The zero-order valence-electron chi connectivity index (χ0n) is 13.3. The second kappa shape index (κ2) is 13.9. The second-order valence-electron chi connectivity index (χ2n) is 5.22. The van der Waals surface area contributed by atoms with Crippen molar-refractivity contribution in [2.75, 3.05) is 26.4 Å². The van der Waals surface area contributed by atoms with E-state index in [0.29, 0.717) is 26.4 Å². The van der Waals surface area contributed by atoms with Gasteiger partial charge < -0.3 is 14.8 Å². The lowest BCUT2D eigenvalue weighted by Crippen LogP contribution is -2.41. The Hall–Kier alpha value is -0.0800.